The molecule has 0 aliphatic heterocycles. The Morgan fingerprint density at radius 1 is 1.11 bits per heavy atom. The first-order valence-electron chi connectivity index (χ1n) is 5.71. The maximum absolute atomic E-state index is 4.61. The summed E-state index contributed by atoms with van der Waals surface area (Å²) in [5.74, 6) is 0. The van der Waals surface area contributed by atoms with E-state index in [1.807, 2.05) is 6.07 Å². The van der Waals surface area contributed by atoms with Gasteiger partial charge in [0.25, 0.3) is 0 Å². The number of hydrogen-bond acceptors (Lipinski definition) is 4. The molecule has 19 heavy (non-hydrogen) atoms. The standard InChI is InChI=1S/C13H10Br2N2S2/c14-9-5-8(18-13(9)15)6-16-7-12-17-10-3-1-2-4-11(10)19-12/h1-5,16H,6-7H2. The molecule has 0 atom stereocenters. The molecule has 2 heterocycles. The first kappa shape index (κ1) is 13.7. The van der Waals surface area contributed by atoms with Crippen LogP contribution >= 0.6 is 54.5 Å². The number of benzene rings is 1. The predicted octanol–water partition coefficient (Wildman–Crippen LogP) is 5.17. The van der Waals surface area contributed by atoms with Crippen LogP contribution < -0.4 is 5.32 Å². The number of nitrogens with zero attached hydrogens (tertiary/aromatic N) is 1. The topological polar surface area (TPSA) is 24.9 Å². The maximum Gasteiger partial charge on any atom is 0.108 e. The van der Waals surface area contributed by atoms with Crippen LogP contribution in [0.25, 0.3) is 10.2 Å². The lowest BCUT2D eigenvalue weighted by Gasteiger charge is -1.98. The number of rotatable bonds is 4. The van der Waals surface area contributed by atoms with Gasteiger partial charge < -0.3 is 5.32 Å². The number of nitrogens with one attached hydrogen (secondary N) is 1. The van der Waals surface area contributed by atoms with Crippen molar-refractivity contribution in [1.82, 2.24) is 10.3 Å². The lowest BCUT2D eigenvalue weighted by Crippen LogP contribution is -2.11. The number of thiazole rings is 1. The van der Waals surface area contributed by atoms with Crippen LogP contribution in [0.2, 0.25) is 0 Å². The number of aromatic nitrogens is 1. The van der Waals surface area contributed by atoms with E-state index in [-0.39, 0.29) is 0 Å². The SMILES string of the molecule is Brc1cc(CNCc2nc3ccccc3s2)sc1Br. The zero-order valence-electron chi connectivity index (χ0n) is 9.82. The van der Waals surface area contributed by atoms with Crippen molar-refractivity contribution in [2.45, 2.75) is 13.1 Å². The molecule has 2 nitrogen and oxygen atoms in total. The molecular weight excluding hydrogens is 408 g/mol. The van der Waals surface area contributed by atoms with E-state index >= 15 is 0 Å². The van der Waals surface area contributed by atoms with Gasteiger partial charge in [0.2, 0.25) is 0 Å². The van der Waals surface area contributed by atoms with E-state index in [1.165, 1.54) is 9.58 Å². The van der Waals surface area contributed by atoms with Gasteiger partial charge in [-0.3, -0.25) is 0 Å². The third kappa shape index (κ3) is 3.25. The van der Waals surface area contributed by atoms with E-state index in [1.54, 1.807) is 22.7 Å². The van der Waals surface area contributed by atoms with Gasteiger partial charge in [0.15, 0.2) is 0 Å². The second kappa shape index (κ2) is 6.01. The minimum atomic E-state index is 0.812. The summed E-state index contributed by atoms with van der Waals surface area (Å²) >= 11 is 10.5. The fourth-order valence-corrected chi connectivity index (χ4v) is 4.85. The van der Waals surface area contributed by atoms with Gasteiger partial charge in [-0.25, -0.2) is 4.98 Å². The van der Waals surface area contributed by atoms with Gasteiger partial charge in [0.1, 0.15) is 5.01 Å². The highest BCUT2D eigenvalue weighted by Gasteiger charge is 2.05. The molecule has 98 valence electrons. The summed E-state index contributed by atoms with van der Waals surface area (Å²) in [5.41, 5.74) is 1.09. The second-order valence-corrected chi connectivity index (χ2v) is 8.44. The first-order chi connectivity index (χ1) is 9.22. The summed E-state index contributed by atoms with van der Waals surface area (Å²) in [6.45, 7) is 1.68. The van der Waals surface area contributed by atoms with Crippen LogP contribution in [-0.4, -0.2) is 4.98 Å². The molecular formula is C13H10Br2N2S2. The lowest BCUT2D eigenvalue weighted by atomic mass is 10.3. The van der Waals surface area contributed by atoms with Crippen LogP contribution in [0, 0.1) is 0 Å². The van der Waals surface area contributed by atoms with E-state index in [2.05, 4.69) is 66.4 Å². The summed E-state index contributed by atoms with van der Waals surface area (Å²) in [7, 11) is 0. The average Bonchev–Trinajstić information content (AvgIpc) is 2.93. The van der Waals surface area contributed by atoms with Crippen molar-refractivity contribution in [2.24, 2.45) is 0 Å². The summed E-state index contributed by atoms with van der Waals surface area (Å²) in [6.07, 6.45) is 0. The van der Waals surface area contributed by atoms with Crippen molar-refractivity contribution in [2.75, 3.05) is 0 Å². The molecule has 0 spiro atoms. The van der Waals surface area contributed by atoms with Crippen LogP contribution in [0.15, 0.2) is 38.6 Å². The maximum atomic E-state index is 4.61. The van der Waals surface area contributed by atoms with E-state index in [0.29, 0.717) is 0 Å². The normalized spacial score (nSPS) is 11.3. The van der Waals surface area contributed by atoms with Gasteiger partial charge in [0, 0.05) is 22.4 Å². The van der Waals surface area contributed by atoms with E-state index < -0.39 is 0 Å². The molecule has 0 unspecified atom stereocenters. The quantitative estimate of drug-likeness (QED) is 0.633. The molecule has 3 aromatic rings. The van der Waals surface area contributed by atoms with Crippen molar-refractivity contribution in [3.63, 3.8) is 0 Å². The Morgan fingerprint density at radius 3 is 2.68 bits per heavy atom. The molecule has 1 aromatic carbocycles. The Kier molecular flexibility index (Phi) is 4.34. The predicted molar refractivity (Wildman–Crippen MR) is 89.9 cm³/mol. The number of thiophene rings is 1. The van der Waals surface area contributed by atoms with E-state index in [4.69, 9.17) is 0 Å². The molecule has 3 rings (SSSR count). The van der Waals surface area contributed by atoms with Crippen LogP contribution in [-0.2, 0) is 13.1 Å². The number of fused-ring (bicyclic) bond motifs is 1. The fraction of sp³-hybridized carbons (Fsp3) is 0.154. The molecule has 0 bridgehead atoms. The zero-order valence-corrected chi connectivity index (χ0v) is 14.6. The highest BCUT2D eigenvalue weighted by molar-refractivity contribution is 9.13. The molecule has 0 aliphatic rings. The van der Waals surface area contributed by atoms with Crippen molar-refractivity contribution in [3.05, 3.63) is 48.5 Å². The smallest absolute Gasteiger partial charge is 0.108 e. The van der Waals surface area contributed by atoms with Crippen LogP contribution in [0.1, 0.15) is 9.88 Å². The average molecular weight is 418 g/mol. The molecule has 2 aromatic heterocycles. The molecule has 0 radical (unpaired) electrons. The second-order valence-electron chi connectivity index (χ2n) is 4.01. The molecule has 0 saturated carbocycles. The Balaban J connectivity index is 1.63. The highest BCUT2D eigenvalue weighted by Crippen LogP contribution is 2.32. The Morgan fingerprint density at radius 2 is 1.95 bits per heavy atom. The molecule has 0 amide bonds. The Hall–Kier alpha value is -0.270. The lowest BCUT2D eigenvalue weighted by molar-refractivity contribution is 0.698. The molecule has 0 saturated heterocycles. The number of para-hydroxylation sites is 1. The fourth-order valence-electron chi connectivity index (χ4n) is 1.77. The van der Waals surface area contributed by atoms with Gasteiger partial charge in [-0.1, -0.05) is 12.1 Å². The van der Waals surface area contributed by atoms with Crippen molar-refractivity contribution < 1.29 is 0 Å². The van der Waals surface area contributed by atoms with Crippen molar-refractivity contribution in [1.29, 1.82) is 0 Å². The molecule has 0 aliphatic carbocycles. The van der Waals surface area contributed by atoms with Gasteiger partial charge in [-0.15, -0.1) is 22.7 Å². The van der Waals surface area contributed by atoms with E-state index in [0.717, 1.165) is 31.9 Å². The molecule has 0 fully saturated rings. The minimum absolute atomic E-state index is 0.812. The van der Waals surface area contributed by atoms with Crippen molar-refractivity contribution >= 4 is 64.8 Å². The summed E-state index contributed by atoms with van der Waals surface area (Å²) in [4.78, 5) is 5.91. The Bertz CT molecular complexity index is 653. The van der Waals surface area contributed by atoms with Gasteiger partial charge >= 0.3 is 0 Å². The largest absolute Gasteiger partial charge is 0.306 e. The van der Waals surface area contributed by atoms with Gasteiger partial charge in [-0.05, 0) is 50.1 Å². The minimum Gasteiger partial charge on any atom is -0.306 e. The van der Waals surface area contributed by atoms with Gasteiger partial charge in [-0.2, -0.15) is 0 Å². The third-order valence-electron chi connectivity index (χ3n) is 2.61. The van der Waals surface area contributed by atoms with E-state index in [9.17, 15) is 0 Å². The van der Waals surface area contributed by atoms with Crippen LogP contribution in [0.5, 0.6) is 0 Å². The summed E-state index contributed by atoms with van der Waals surface area (Å²) in [5, 5.41) is 4.57. The first-order valence-corrected chi connectivity index (χ1v) is 8.93. The molecule has 1 N–H and O–H groups in total. The van der Waals surface area contributed by atoms with Gasteiger partial charge in [0.05, 0.1) is 14.0 Å². The number of hydrogen-bond donors (Lipinski definition) is 1. The number of halogens is 2. The van der Waals surface area contributed by atoms with Crippen LogP contribution in [0.3, 0.4) is 0 Å². The summed E-state index contributed by atoms with van der Waals surface area (Å²) in [6, 6.07) is 10.4. The molecule has 6 heteroatoms. The van der Waals surface area contributed by atoms with Crippen molar-refractivity contribution in [3.8, 4) is 0 Å². The monoisotopic (exact) mass is 416 g/mol. The Labute approximate surface area is 136 Å². The highest BCUT2D eigenvalue weighted by atomic mass is 79.9. The zero-order chi connectivity index (χ0) is 13.2. The van der Waals surface area contributed by atoms with Crippen LogP contribution in [0.4, 0.5) is 0 Å². The summed E-state index contributed by atoms with van der Waals surface area (Å²) < 4.78 is 3.51. The third-order valence-corrected chi connectivity index (χ3v) is 6.90.